The average molecular weight is 615 g/mol. The largest absolute Gasteiger partial charge is 0.492 e. The van der Waals surface area contributed by atoms with Crippen LogP contribution in [0.4, 0.5) is 0 Å². The summed E-state index contributed by atoms with van der Waals surface area (Å²) in [4.78, 5) is 17.3. The summed E-state index contributed by atoms with van der Waals surface area (Å²) < 4.78 is 14.9. The normalized spacial score (nSPS) is 15.8. The number of thioether (sulfide) groups is 1. The molecular weight excluding hydrogens is 590 g/mol. The van der Waals surface area contributed by atoms with Crippen LogP contribution in [0.15, 0.2) is 99.0 Å². The van der Waals surface area contributed by atoms with Crippen molar-refractivity contribution in [3.8, 4) is 11.5 Å². The summed E-state index contributed by atoms with van der Waals surface area (Å²) in [7, 11) is 0. The first-order valence-electron chi connectivity index (χ1n) is 12.6. The third-order valence-electron chi connectivity index (χ3n) is 6.57. The molecule has 0 bridgehead atoms. The molecular formula is C30H24BrN5O3S. The van der Waals surface area contributed by atoms with Gasteiger partial charge in [0.2, 0.25) is 5.17 Å². The van der Waals surface area contributed by atoms with Crippen molar-refractivity contribution in [1.82, 2.24) is 9.58 Å². The van der Waals surface area contributed by atoms with Crippen molar-refractivity contribution in [2.75, 3.05) is 13.2 Å². The number of hydrogen-bond acceptors (Lipinski definition) is 6. The number of para-hydroxylation sites is 2. The first-order valence-corrected chi connectivity index (χ1v) is 14.2. The standard InChI is InChI=1S/C30H24BrN5O3S/c1-19-24(23-9-5-6-10-26(23)35(19)15-16-38-22-13-11-20(31)12-14-22)17-25-28(32)36-30(33-29(25)37)40-27(34-36)18-39-21-7-3-2-4-8-21/h2-14,17,32H,15-16,18H2,1H3/b25-17-,32-28?. The Labute approximate surface area is 243 Å². The molecule has 0 aliphatic carbocycles. The lowest BCUT2D eigenvalue weighted by molar-refractivity contribution is -0.114. The zero-order chi connectivity index (χ0) is 27.6. The van der Waals surface area contributed by atoms with Gasteiger partial charge in [-0.1, -0.05) is 52.3 Å². The number of nitrogens with one attached hydrogen (secondary N) is 1. The number of amides is 1. The van der Waals surface area contributed by atoms with Crippen molar-refractivity contribution in [3.05, 3.63) is 100 Å². The second kappa shape index (κ2) is 11.1. The first-order chi connectivity index (χ1) is 19.5. The molecule has 0 saturated heterocycles. The van der Waals surface area contributed by atoms with Crippen LogP contribution < -0.4 is 9.47 Å². The number of fused-ring (bicyclic) bond motifs is 2. The second-order valence-corrected chi connectivity index (χ2v) is 11.0. The fourth-order valence-electron chi connectivity index (χ4n) is 4.61. The maximum atomic E-state index is 13.1. The van der Waals surface area contributed by atoms with Crippen LogP contribution in [-0.4, -0.2) is 44.7 Å². The Morgan fingerprint density at radius 3 is 2.50 bits per heavy atom. The highest BCUT2D eigenvalue weighted by Crippen LogP contribution is 2.32. The van der Waals surface area contributed by atoms with E-state index in [1.807, 2.05) is 79.7 Å². The predicted octanol–water partition coefficient (Wildman–Crippen LogP) is 6.49. The van der Waals surface area contributed by atoms with Crippen LogP contribution in [0.3, 0.4) is 0 Å². The fraction of sp³-hybridized carbons (Fsp3) is 0.133. The van der Waals surface area contributed by atoms with Crippen LogP contribution in [0.25, 0.3) is 17.0 Å². The van der Waals surface area contributed by atoms with Crippen molar-refractivity contribution in [3.63, 3.8) is 0 Å². The van der Waals surface area contributed by atoms with Crippen LogP contribution >= 0.6 is 27.7 Å². The van der Waals surface area contributed by atoms with Gasteiger partial charge < -0.3 is 14.0 Å². The van der Waals surface area contributed by atoms with Gasteiger partial charge in [-0.15, -0.1) is 0 Å². The van der Waals surface area contributed by atoms with Gasteiger partial charge in [0.05, 0.1) is 12.1 Å². The quantitative estimate of drug-likeness (QED) is 0.229. The molecule has 1 aromatic heterocycles. The van der Waals surface area contributed by atoms with E-state index in [4.69, 9.17) is 14.9 Å². The minimum Gasteiger partial charge on any atom is -0.492 e. The number of ether oxygens (including phenoxy) is 2. The van der Waals surface area contributed by atoms with Gasteiger partial charge in [-0.3, -0.25) is 10.2 Å². The van der Waals surface area contributed by atoms with Gasteiger partial charge >= 0.3 is 0 Å². The van der Waals surface area contributed by atoms with E-state index in [0.29, 0.717) is 23.4 Å². The second-order valence-electron chi connectivity index (χ2n) is 9.09. The van der Waals surface area contributed by atoms with E-state index in [2.05, 4.69) is 36.7 Å². The van der Waals surface area contributed by atoms with E-state index < -0.39 is 5.91 Å². The molecule has 1 amide bonds. The molecule has 10 heteroatoms. The van der Waals surface area contributed by atoms with E-state index >= 15 is 0 Å². The number of hydrazone groups is 1. The maximum Gasteiger partial charge on any atom is 0.283 e. The van der Waals surface area contributed by atoms with Crippen molar-refractivity contribution < 1.29 is 14.3 Å². The monoisotopic (exact) mass is 613 g/mol. The summed E-state index contributed by atoms with van der Waals surface area (Å²) in [5, 5.41) is 16.7. The average Bonchev–Trinajstić information content (AvgIpc) is 3.50. The molecule has 0 radical (unpaired) electrons. The lowest BCUT2D eigenvalue weighted by Gasteiger charge is -2.20. The first kappa shape index (κ1) is 26.1. The smallest absolute Gasteiger partial charge is 0.283 e. The van der Waals surface area contributed by atoms with E-state index in [1.165, 1.54) is 16.8 Å². The Morgan fingerprint density at radius 2 is 1.70 bits per heavy atom. The van der Waals surface area contributed by atoms with Crippen LogP contribution in [0, 0.1) is 12.3 Å². The molecule has 0 spiro atoms. The molecule has 3 heterocycles. The molecule has 0 fully saturated rings. The number of halogens is 1. The van der Waals surface area contributed by atoms with E-state index in [-0.39, 0.29) is 18.0 Å². The zero-order valence-electron chi connectivity index (χ0n) is 21.5. The third kappa shape index (κ3) is 5.20. The molecule has 8 nitrogen and oxygen atoms in total. The summed E-state index contributed by atoms with van der Waals surface area (Å²) in [6.07, 6.45) is 1.76. The van der Waals surface area contributed by atoms with Crippen LogP contribution in [0.5, 0.6) is 11.5 Å². The molecule has 0 saturated carbocycles. The van der Waals surface area contributed by atoms with Crippen molar-refractivity contribution in [2.24, 2.45) is 10.1 Å². The number of hydrogen-bond donors (Lipinski definition) is 1. The van der Waals surface area contributed by atoms with E-state index in [0.717, 1.165) is 38.1 Å². The van der Waals surface area contributed by atoms with Crippen LogP contribution in [-0.2, 0) is 11.3 Å². The van der Waals surface area contributed by atoms with Gasteiger partial charge in [0.25, 0.3) is 5.91 Å². The number of nitrogens with zero attached hydrogens (tertiary/aromatic N) is 4. The summed E-state index contributed by atoms with van der Waals surface area (Å²) >= 11 is 4.68. The molecule has 6 rings (SSSR count). The Kier molecular flexibility index (Phi) is 7.27. The number of aromatic nitrogens is 1. The van der Waals surface area contributed by atoms with Gasteiger partial charge in [-0.05, 0) is 67.2 Å². The summed E-state index contributed by atoms with van der Waals surface area (Å²) in [5.74, 6) is 1.05. The molecule has 2 aliphatic rings. The minimum absolute atomic E-state index is 0.00739. The van der Waals surface area contributed by atoms with E-state index in [9.17, 15) is 4.79 Å². The number of rotatable bonds is 8. The fourth-order valence-corrected chi connectivity index (χ4v) is 5.67. The molecule has 4 aromatic rings. The highest BCUT2D eigenvalue weighted by molar-refractivity contribution is 9.10. The lowest BCUT2D eigenvalue weighted by Crippen LogP contribution is -2.35. The molecule has 200 valence electrons. The Morgan fingerprint density at radius 1 is 0.975 bits per heavy atom. The maximum absolute atomic E-state index is 13.1. The molecule has 3 aromatic carbocycles. The highest BCUT2D eigenvalue weighted by Gasteiger charge is 2.36. The van der Waals surface area contributed by atoms with Crippen molar-refractivity contribution in [1.29, 1.82) is 5.41 Å². The summed E-state index contributed by atoms with van der Waals surface area (Å²) in [5.41, 5.74) is 3.06. The SMILES string of the molecule is Cc1c(/C=C2/C(=N)N3N=C(COc4ccccc4)SC3=NC2=O)c2ccccc2n1CCOc1ccc(Br)cc1. The zero-order valence-corrected chi connectivity index (χ0v) is 23.9. The number of carbonyl (C=O) groups is 1. The molecule has 2 aliphatic heterocycles. The number of aliphatic imine (C=N–C) groups is 1. The minimum atomic E-state index is -0.459. The molecule has 40 heavy (non-hydrogen) atoms. The van der Waals surface area contributed by atoms with Crippen molar-refractivity contribution >= 4 is 66.6 Å². The van der Waals surface area contributed by atoms with Gasteiger partial charge in [-0.25, -0.2) is 0 Å². The van der Waals surface area contributed by atoms with Crippen molar-refractivity contribution in [2.45, 2.75) is 13.5 Å². The summed E-state index contributed by atoms with van der Waals surface area (Å²) in [6, 6.07) is 25.2. The number of amidine groups is 2. The molecule has 1 N–H and O–H groups in total. The number of carbonyl (C=O) groups excluding carboxylic acids is 1. The van der Waals surface area contributed by atoms with Gasteiger partial charge in [0, 0.05) is 26.6 Å². The van der Waals surface area contributed by atoms with Gasteiger partial charge in [-0.2, -0.15) is 15.1 Å². The Bertz CT molecular complexity index is 1710. The third-order valence-corrected chi connectivity index (χ3v) is 7.98. The molecule has 0 atom stereocenters. The topological polar surface area (TPSA) is 92.3 Å². The molecule has 0 unspecified atom stereocenters. The van der Waals surface area contributed by atoms with E-state index in [1.54, 1.807) is 6.08 Å². The number of benzene rings is 3. The Hall–Kier alpha value is -4.15. The lowest BCUT2D eigenvalue weighted by atomic mass is 10.1. The summed E-state index contributed by atoms with van der Waals surface area (Å²) in [6.45, 7) is 3.34. The van der Waals surface area contributed by atoms with Gasteiger partial charge in [0.15, 0.2) is 5.84 Å². The predicted molar refractivity (Wildman–Crippen MR) is 163 cm³/mol. The van der Waals surface area contributed by atoms with Crippen LogP contribution in [0.2, 0.25) is 0 Å². The van der Waals surface area contributed by atoms with Gasteiger partial charge in [0.1, 0.15) is 29.8 Å². The highest BCUT2D eigenvalue weighted by atomic mass is 79.9. The Balaban J connectivity index is 1.25. The van der Waals surface area contributed by atoms with Crippen LogP contribution in [0.1, 0.15) is 11.3 Å².